The Bertz CT molecular complexity index is 888. The molecule has 1 aromatic rings. The third kappa shape index (κ3) is 7.49. The fraction of sp³-hybridized carbons (Fsp3) is 0.652. The lowest BCUT2D eigenvalue weighted by atomic mass is 10.0. The Morgan fingerprint density at radius 2 is 1.82 bits per heavy atom. The van der Waals surface area contributed by atoms with Crippen molar-refractivity contribution >= 4 is 26.0 Å². The molecule has 0 aromatic heterocycles. The highest BCUT2D eigenvalue weighted by atomic mass is 28.4. The smallest absolute Gasteiger partial charge is 0.406 e. The van der Waals surface area contributed by atoms with Crippen LogP contribution in [-0.4, -0.2) is 62.5 Å². The van der Waals surface area contributed by atoms with Gasteiger partial charge in [0.05, 0.1) is 16.6 Å². The minimum atomic E-state index is -2.26. The van der Waals surface area contributed by atoms with Gasteiger partial charge in [0.25, 0.3) is 5.91 Å². The number of alkyl carbamates (subject to hydrolysis) is 1. The fourth-order valence-electron chi connectivity index (χ4n) is 3.04. The third-order valence-corrected chi connectivity index (χ3v) is 10.7. The highest BCUT2D eigenvalue weighted by Crippen LogP contribution is 2.38. The lowest BCUT2D eigenvalue weighted by Gasteiger charge is -2.41. The Kier molecular flexibility index (Phi) is 10.2. The second-order valence-corrected chi connectivity index (χ2v) is 14.9. The highest BCUT2D eigenvalue weighted by Gasteiger charge is 2.41. The summed E-state index contributed by atoms with van der Waals surface area (Å²) >= 11 is 0. The normalized spacial score (nSPS) is 13.9. The Balaban J connectivity index is 3.24. The molecule has 11 heteroatoms. The third-order valence-electron chi connectivity index (χ3n) is 6.24. The minimum Gasteiger partial charge on any atom is -0.447 e. The van der Waals surface area contributed by atoms with E-state index in [2.05, 4.69) is 39.2 Å². The van der Waals surface area contributed by atoms with Gasteiger partial charge in [-0.2, -0.15) is 4.39 Å². The quantitative estimate of drug-likeness (QED) is 0.276. The van der Waals surface area contributed by atoms with Crippen molar-refractivity contribution in [1.82, 2.24) is 10.2 Å². The average Bonchev–Trinajstić information content (AvgIpc) is 2.72. The Labute approximate surface area is 202 Å². The molecular formula is C23H38FN3O6Si. The first-order valence-electron chi connectivity index (χ1n) is 11.3. The van der Waals surface area contributed by atoms with Gasteiger partial charge in [0.1, 0.15) is 6.61 Å². The van der Waals surface area contributed by atoms with Crippen LogP contribution < -0.4 is 5.32 Å². The zero-order valence-electron chi connectivity index (χ0n) is 21.6. The fourth-order valence-corrected chi connectivity index (χ4v) is 4.45. The molecule has 0 radical (unpaired) electrons. The maximum atomic E-state index is 14.7. The number of nitro groups is 1. The van der Waals surface area contributed by atoms with Crippen LogP contribution in [0.25, 0.3) is 0 Å². The van der Waals surface area contributed by atoms with Gasteiger partial charge in [-0.1, -0.05) is 33.8 Å². The van der Waals surface area contributed by atoms with Gasteiger partial charge in [-0.05, 0) is 38.0 Å². The molecule has 2 amide bonds. The Morgan fingerprint density at radius 1 is 1.24 bits per heavy atom. The monoisotopic (exact) mass is 499 g/mol. The van der Waals surface area contributed by atoms with Gasteiger partial charge in [-0.3, -0.25) is 14.9 Å². The largest absolute Gasteiger partial charge is 0.447 e. The molecule has 0 bridgehead atoms. The van der Waals surface area contributed by atoms with E-state index in [1.807, 2.05) is 6.92 Å². The lowest BCUT2D eigenvalue weighted by Crippen LogP contribution is -2.50. The lowest BCUT2D eigenvalue weighted by molar-refractivity contribution is -0.387. The number of hydrogen-bond acceptors (Lipinski definition) is 6. The Hall–Kier alpha value is -2.53. The van der Waals surface area contributed by atoms with Gasteiger partial charge in [-0.25, -0.2) is 4.79 Å². The Morgan fingerprint density at radius 3 is 2.29 bits per heavy atom. The number of hydrogen-bond donors (Lipinski definition) is 1. The molecule has 1 N–H and O–H groups in total. The number of nitrogens with one attached hydrogen (secondary N) is 1. The van der Waals surface area contributed by atoms with Crippen molar-refractivity contribution in [2.75, 3.05) is 20.2 Å². The predicted octanol–water partition coefficient (Wildman–Crippen LogP) is 4.97. The number of nitrogens with zero attached hydrogens (tertiary/aromatic N) is 2. The summed E-state index contributed by atoms with van der Waals surface area (Å²) in [5.74, 6) is -2.10. The van der Waals surface area contributed by atoms with Gasteiger partial charge < -0.3 is 19.4 Å². The van der Waals surface area contributed by atoms with Gasteiger partial charge in [0, 0.05) is 31.6 Å². The van der Waals surface area contributed by atoms with E-state index in [9.17, 15) is 24.1 Å². The number of ether oxygens (including phenoxy) is 1. The maximum Gasteiger partial charge on any atom is 0.406 e. The topological polar surface area (TPSA) is 111 Å². The van der Waals surface area contributed by atoms with E-state index in [0.29, 0.717) is 0 Å². The van der Waals surface area contributed by atoms with E-state index in [4.69, 9.17) is 9.16 Å². The summed E-state index contributed by atoms with van der Waals surface area (Å²) in [6.07, 6.45) is -1.10. The first-order chi connectivity index (χ1) is 15.5. The summed E-state index contributed by atoms with van der Waals surface area (Å²) in [7, 11) is -0.801. The number of halogens is 1. The molecule has 0 aliphatic carbocycles. The number of amides is 2. The van der Waals surface area contributed by atoms with Crippen molar-refractivity contribution in [2.24, 2.45) is 5.92 Å². The minimum absolute atomic E-state index is 0.0152. The van der Waals surface area contributed by atoms with Crippen LogP contribution in [0.1, 0.15) is 51.9 Å². The summed E-state index contributed by atoms with van der Waals surface area (Å²) in [5.41, 5.74) is -1.11. The number of benzene rings is 1. The molecule has 0 heterocycles. The number of rotatable bonds is 10. The summed E-state index contributed by atoms with van der Waals surface area (Å²) in [5, 5.41) is 13.4. The van der Waals surface area contributed by atoms with E-state index in [1.54, 1.807) is 13.8 Å². The molecule has 0 spiro atoms. The summed E-state index contributed by atoms with van der Waals surface area (Å²) < 4.78 is 26.5. The van der Waals surface area contributed by atoms with Crippen molar-refractivity contribution in [3.8, 4) is 0 Å². The van der Waals surface area contributed by atoms with Gasteiger partial charge in [-0.15, -0.1) is 0 Å². The molecule has 0 fully saturated rings. The molecule has 0 aliphatic rings. The second-order valence-electron chi connectivity index (χ2n) is 10.2. The molecule has 0 saturated carbocycles. The molecule has 1 aromatic carbocycles. The number of carbonyl (C=O) groups excluding carboxylic acids is 2. The van der Waals surface area contributed by atoms with Crippen LogP contribution >= 0.6 is 0 Å². The maximum absolute atomic E-state index is 14.7. The predicted molar refractivity (Wildman–Crippen MR) is 131 cm³/mol. The van der Waals surface area contributed by atoms with Crippen LogP contribution in [0.15, 0.2) is 18.2 Å². The van der Waals surface area contributed by atoms with Gasteiger partial charge >= 0.3 is 11.8 Å². The van der Waals surface area contributed by atoms with Gasteiger partial charge in [0.2, 0.25) is 5.82 Å². The summed E-state index contributed by atoms with van der Waals surface area (Å²) in [6.45, 7) is 16.0. The molecule has 192 valence electrons. The van der Waals surface area contributed by atoms with E-state index in [1.165, 1.54) is 24.1 Å². The standard InChI is InChI=1S/C23H38FN3O6Si/c1-15(2)26(21(28)17-11-10-12-18(20(17)24)27(30)31)13-16(3)19(14-32-22(29)25-7)33-34(8,9)23(4,5)6/h10-12,15-16,19H,13-14H2,1-9H3,(H,25,29)/t16-,19+/m1/s1. The van der Waals surface area contributed by atoms with Crippen LogP contribution in [0.3, 0.4) is 0 Å². The summed E-state index contributed by atoms with van der Waals surface area (Å²) in [6, 6.07) is 3.23. The van der Waals surface area contributed by atoms with Crippen LogP contribution in [0.2, 0.25) is 18.1 Å². The summed E-state index contributed by atoms with van der Waals surface area (Å²) in [4.78, 5) is 36.7. The van der Waals surface area contributed by atoms with Crippen molar-refractivity contribution in [3.63, 3.8) is 0 Å². The molecule has 0 unspecified atom stereocenters. The molecule has 2 atom stereocenters. The van der Waals surface area contributed by atoms with E-state index in [-0.39, 0.29) is 35.7 Å². The van der Waals surface area contributed by atoms with Crippen LogP contribution in [-0.2, 0) is 9.16 Å². The molecule has 1 rings (SSSR count). The molecule has 34 heavy (non-hydrogen) atoms. The second kappa shape index (κ2) is 11.7. The van der Waals surface area contributed by atoms with E-state index < -0.39 is 42.8 Å². The molecular weight excluding hydrogens is 461 g/mol. The molecule has 0 saturated heterocycles. The van der Waals surface area contributed by atoms with E-state index >= 15 is 0 Å². The van der Waals surface area contributed by atoms with Crippen molar-refractivity contribution in [1.29, 1.82) is 0 Å². The zero-order chi connectivity index (χ0) is 26.4. The molecule has 9 nitrogen and oxygen atoms in total. The van der Waals surface area contributed by atoms with Crippen LogP contribution in [0.5, 0.6) is 0 Å². The zero-order valence-corrected chi connectivity index (χ0v) is 22.6. The van der Waals surface area contributed by atoms with Gasteiger partial charge in [0.15, 0.2) is 8.32 Å². The number of nitro benzene ring substituents is 1. The van der Waals surface area contributed by atoms with E-state index in [0.717, 1.165) is 6.07 Å². The first kappa shape index (κ1) is 29.5. The SMILES string of the molecule is CNC(=O)OC[C@H](O[Si](C)(C)C(C)(C)C)[C@H](C)CN(C(=O)c1cccc([N+](=O)[O-])c1F)C(C)C. The first-order valence-corrected chi connectivity index (χ1v) is 14.2. The number of carbonyl (C=O) groups is 2. The van der Waals surface area contributed by atoms with Crippen LogP contribution in [0.4, 0.5) is 14.9 Å². The van der Waals surface area contributed by atoms with Crippen molar-refractivity contribution in [3.05, 3.63) is 39.7 Å². The highest BCUT2D eigenvalue weighted by molar-refractivity contribution is 6.74. The molecule has 0 aliphatic heterocycles. The van der Waals surface area contributed by atoms with Crippen molar-refractivity contribution in [2.45, 2.75) is 71.8 Å². The average molecular weight is 500 g/mol. The van der Waals surface area contributed by atoms with Crippen molar-refractivity contribution < 1.29 is 28.1 Å². The van der Waals surface area contributed by atoms with Crippen LogP contribution in [0, 0.1) is 21.8 Å².